The predicted molar refractivity (Wildman–Crippen MR) is 90.5 cm³/mol. The van der Waals surface area contributed by atoms with E-state index in [2.05, 4.69) is 49.4 Å². The molecule has 21 heavy (non-hydrogen) atoms. The number of hydrogen-bond donors (Lipinski definition) is 0. The summed E-state index contributed by atoms with van der Waals surface area (Å²) in [6.07, 6.45) is 8.70. The molecule has 2 fully saturated rings. The van der Waals surface area contributed by atoms with Crippen LogP contribution < -0.4 is 0 Å². The standard InChI is InChI=1S/C21H26/c1-2-15-13-17-9-6-12-20(21(17)14-15)19-11-5-8-16-7-3-4-10-18(16)19/h3-5,7-8,10-11,15,17,20-21H,2,6,9,12-14H2,1H3. The molecule has 2 aliphatic rings. The highest BCUT2D eigenvalue weighted by Crippen LogP contribution is 2.53. The molecule has 4 rings (SSSR count). The summed E-state index contributed by atoms with van der Waals surface area (Å²) >= 11 is 0. The van der Waals surface area contributed by atoms with Gasteiger partial charge in [-0.15, -0.1) is 0 Å². The molecule has 0 heteroatoms. The molecule has 4 atom stereocenters. The molecule has 0 radical (unpaired) electrons. The zero-order valence-electron chi connectivity index (χ0n) is 13.1. The van der Waals surface area contributed by atoms with Crippen LogP contribution in [0.15, 0.2) is 42.5 Å². The molecule has 0 saturated heterocycles. The molecule has 0 heterocycles. The lowest BCUT2D eigenvalue weighted by molar-refractivity contribution is 0.239. The van der Waals surface area contributed by atoms with Gasteiger partial charge in [0.1, 0.15) is 0 Å². The van der Waals surface area contributed by atoms with E-state index < -0.39 is 0 Å². The van der Waals surface area contributed by atoms with Crippen LogP contribution in [0.25, 0.3) is 10.8 Å². The minimum atomic E-state index is 0.811. The molecule has 4 unspecified atom stereocenters. The van der Waals surface area contributed by atoms with Crippen LogP contribution in [-0.4, -0.2) is 0 Å². The van der Waals surface area contributed by atoms with Crippen molar-refractivity contribution >= 4 is 10.8 Å². The van der Waals surface area contributed by atoms with Gasteiger partial charge in [0.05, 0.1) is 0 Å². The molecule has 2 aliphatic carbocycles. The van der Waals surface area contributed by atoms with E-state index in [9.17, 15) is 0 Å². The third-order valence-corrected chi connectivity index (χ3v) is 6.25. The fraction of sp³-hybridized carbons (Fsp3) is 0.524. The maximum Gasteiger partial charge on any atom is -0.0125 e. The summed E-state index contributed by atoms with van der Waals surface area (Å²) in [4.78, 5) is 0. The van der Waals surface area contributed by atoms with Gasteiger partial charge in [-0.05, 0) is 59.3 Å². The Morgan fingerprint density at radius 1 is 0.952 bits per heavy atom. The highest BCUT2D eigenvalue weighted by atomic mass is 14.5. The monoisotopic (exact) mass is 278 g/mol. The smallest absolute Gasteiger partial charge is 0.0125 e. The number of fused-ring (bicyclic) bond motifs is 2. The average Bonchev–Trinajstić information content (AvgIpc) is 2.97. The molecule has 2 aromatic rings. The van der Waals surface area contributed by atoms with Crippen molar-refractivity contribution < 1.29 is 0 Å². The molecule has 2 saturated carbocycles. The summed E-state index contributed by atoms with van der Waals surface area (Å²) in [5.41, 5.74) is 1.64. The van der Waals surface area contributed by atoms with Crippen LogP contribution in [0.2, 0.25) is 0 Å². The second-order valence-corrected chi connectivity index (χ2v) is 7.28. The predicted octanol–water partition coefficient (Wildman–Crippen LogP) is 6.16. The van der Waals surface area contributed by atoms with Gasteiger partial charge in [-0.2, -0.15) is 0 Å². The van der Waals surface area contributed by atoms with E-state index in [0.29, 0.717) is 0 Å². The summed E-state index contributed by atoms with van der Waals surface area (Å²) in [5.74, 6) is 3.77. The van der Waals surface area contributed by atoms with Gasteiger partial charge in [-0.3, -0.25) is 0 Å². The molecule has 0 amide bonds. The molecule has 0 aromatic heterocycles. The molecule has 2 aromatic carbocycles. The van der Waals surface area contributed by atoms with Crippen molar-refractivity contribution in [3.05, 3.63) is 48.0 Å². The Morgan fingerprint density at radius 3 is 2.71 bits per heavy atom. The topological polar surface area (TPSA) is 0 Å². The van der Waals surface area contributed by atoms with Gasteiger partial charge >= 0.3 is 0 Å². The SMILES string of the molecule is CCC1CC2CCCC(c3cccc4ccccc34)C2C1. The van der Waals surface area contributed by atoms with Crippen molar-refractivity contribution in [2.75, 3.05) is 0 Å². The lowest BCUT2D eigenvalue weighted by atomic mass is 9.70. The van der Waals surface area contributed by atoms with E-state index in [1.807, 2.05) is 0 Å². The molecular formula is C21H26. The lowest BCUT2D eigenvalue weighted by Crippen LogP contribution is -2.22. The maximum atomic E-state index is 2.41. The Kier molecular flexibility index (Phi) is 3.49. The summed E-state index contributed by atoms with van der Waals surface area (Å²) in [5, 5.41) is 2.92. The second kappa shape index (κ2) is 5.48. The van der Waals surface area contributed by atoms with Crippen LogP contribution >= 0.6 is 0 Å². The molecule has 0 bridgehead atoms. The van der Waals surface area contributed by atoms with E-state index in [1.54, 1.807) is 5.56 Å². The van der Waals surface area contributed by atoms with Crippen LogP contribution in [0.5, 0.6) is 0 Å². The quantitative estimate of drug-likeness (QED) is 0.617. The summed E-state index contributed by atoms with van der Waals surface area (Å²) in [7, 11) is 0. The first-order valence-corrected chi connectivity index (χ1v) is 8.84. The van der Waals surface area contributed by atoms with E-state index in [0.717, 1.165) is 23.7 Å². The first kappa shape index (κ1) is 13.4. The normalized spacial score (nSPS) is 32.2. The molecule has 0 nitrogen and oxygen atoms in total. The van der Waals surface area contributed by atoms with Crippen LogP contribution in [0.1, 0.15) is 56.9 Å². The second-order valence-electron chi connectivity index (χ2n) is 7.28. The number of rotatable bonds is 2. The lowest BCUT2D eigenvalue weighted by Gasteiger charge is -2.35. The summed E-state index contributed by atoms with van der Waals surface area (Å²) < 4.78 is 0. The summed E-state index contributed by atoms with van der Waals surface area (Å²) in [6, 6.07) is 15.9. The Balaban J connectivity index is 1.74. The van der Waals surface area contributed by atoms with Crippen molar-refractivity contribution in [3.63, 3.8) is 0 Å². The van der Waals surface area contributed by atoms with Crippen molar-refractivity contribution in [3.8, 4) is 0 Å². The zero-order valence-corrected chi connectivity index (χ0v) is 13.1. The average molecular weight is 278 g/mol. The third kappa shape index (κ3) is 2.29. The minimum absolute atomic E-state index is 0.811. The molecule has 0 aliphatic heterocycles. The van der Waals surface area contributed by atoms with Crippen molar-refractivity contribution in [1.82, 2.24) is 0 Å². The minimum Gasteiger partial charge on any atom is -0.0651 e. The van der Waals surface area contributed by atoms with Crippen LogP contribution in [-0.2, 0) is 0 Å². The number of benzene rings is 2. The first-order chi connectivity index (χ1) is 10.4. The van der Waals surface area contributed by atoms with Crippen LogP contribution in [0.3, 0.4) is 0 Å². The number of hydrogen-bond acceptors (Lipinski definition) is 0. The van der Waals surface area contributed by atoms with Gasteiger partial charge < -0.3 is 0 Å². The zero-order chi connectivity index (χ0) is 14.2. The van der Waals surface area contributed by atoms with Gasteiger partial charge in [-0.1, -0.05) is 68.7 Å². The Morgan fingerprint density at radius 2 is 1.81 bits per heavy atom. The van der Waals surface area contributed by atoms with E-state index in [4.69, 9.17) is 0 Å². The largest absolute Gasteiger partial charge is 0.0651 e. The molecular weight excluding hydrogens is 252 g/mol. The Bertz CT molecular complexity index is 621. The highest BCUT2D eigenvalue weighted by molar-refractivity contribution is 5.86. The van der Waals surface area contributed by atoms with E-state index in [1.165, 1.54) is 49.3 Å². The van der Waals surface area contributed by atoms with Gasteiger partial charge in [0.2, 0.25) is 0 Å². The van der Waals surface area contributed by atoms with E-state index >= 15 is 0 Å². The van der Waals surface area contributed by atoms with Crippen LogP contribution in [0.4, 0.5) is 0 Å². The fourth-order valence-corrected chi connectivity index (χ4v) is 5.21. The first-order valence-electron chi connectivity index (χ1n) is 8.84. The maximum absolute atomic E-state index is 2.41. The van der Waals surface area contributed by atoms with Gasteiger partial charge in [0.15, 0.2) is 0 Å². The molecule has 0 N–H and O–H groups in total. The van der Waals surface area contributed by atoms with Crippen molar-refractivity contribution in [2.24, 2.45) is 17.8 Å². The van der Waals surface area contributed by atoms with Gasteiger partial charge in [0.25, 0.3) is 0 Å². The van der Waals surface area contributed by atoms with E-state index in [-0.39, 0.29) is 0 Å². The highest BCUT2D eigenvalue weighted by Gasteiger charge is 2.41. The van der Waals surface area contributed by atoms with Crippen molar-refractivity contribution in [1.29, 1.82) is 0 Å². The summed E-state index contributed by atoms with van der Waals surface area (Å²) in [6.45, 7) is 2.38. The fourth-order valence-electron chi connectivity index (χ4n) is 5.21. The molecule has 0 spiro atoms. The third-order valence-electron chi connectivity index (χ3n) is 6.25. The van der Waals surface area contributed by atoms with Gasteiger partial charge in [0, 0.05) is 0 Å². The Labute approximate surface area is 128 Å². The Hall–Kier alpha value is -1.30. The molecule has 110 valence electrons. The van der Waals surface area contributed by atoms with Gasteiger partial charge in [-0.25, -0.2) is 0 Å². The van der Waals surface area contributed by atoms with Crippen molar-refractivity contribution in [2.45, 2.75) is 51.4 Å². The van der Waals surface area contributed by atoms with Crippen LogP contribution in [0, 0.1) is 17.8 Å².